The number of ether oxygens (including phenoxy) is 2. The summed E-state index contributed by atoms with van der Waals surface area (Å²) < 4.78 is 36.6. The molecule has 3 nitrogen and oxygen atoms in total. The van der Waals surface area contributed by atoms with Gasteiger partial charge in [-0.2, -0.15) is 0 Å². The molecule has 0 atom stereocenters. The van der Waals surface area contributed by atoms with Crippen molar-refractivity contribution in [3.8, 4) is 5.75 Å². The molecular weight excluding hydrogens is 228 g/mol. The number of benzene rings is 1. The van der Waals surface area contributed by atoms with Crippen LogP contribution in [0.1, 0.15) is 5.56 Å². The summed E-state index contributed by atoms with van der Waals surface area (Å²) in [7, 11) is 4.75. The molecule has 0 saturated heterocycles. The van der Waals surface area contributed by atoms with E-state index in [-0.39, 0.29) is 5.75 Å². The van der Waals surface area contributed by atoms with E-state index in [2.05, 4.69) is 0 Å². The summed E-state index contributed by atoms with van der Waals surface area (Å²) in [6, 6.07) is 2.25. The average molecular weight is 245 g/mol. The molecule has 0 unspecified atom stereocenters. The zero-order valence-corrected chi connectivity index (χ0v) is 10.3. The lowest BCUT2D eigenvalue weighted by molar-refractivity contribution is 0.0825. The fourth-order valence-corrected chi connectivity index (χ4v) is 1.51. The van der Waals surface area contributed by atoms with Crippen molar-refractivity contribution in [2.75, 3.05) is 34.5 Å². The molecule has 96 valence electrons. The third kappa shape index (κ3) is 3.94. The summed E-state index contributed by atoms with van der Waals surface area (Å²) in [5.41, 5.74) is 0.339. The van der Waals surface area contributed by atoms with Crippen LogP contribution in [0.4, 0.5) is 8.78 Å². The highest BCUT2D eigenvalue weighted by Gasteiger charge is 2.10. The second kappa shape index (κ2) is 6.51. The maximum atomic E-state index is 13.6. The number of methoxy groups -OCH3 is 2. The van der Waals surface area contributed by atoms with Gasteiger partial charge in [0, 0.05) is 19.7 Å². The average Bonchev–Trinajstić information content (AvgIpc) is 2.30. The Balaban J connectivity index is 2.68. The summed E-state index contributed by atoms with van der Waals surface area (Å²) in [5.74, 6) is -1.07. The van der Waals surface area contributed by atoms with E-state index in [4.69, 9.17) is 9.47 Å². The largest absolute Gasteiger partial charge is 0.494 e. The van der Waals surface area contributed by atoms with Crippen molar-refractivity contribution < 1.29 is 18.3 Å². The minimum atomic E-state index is -0.543. The molecule has 1 aromatic rings. The molecule has 0 aliphatic rings. The molecule has 17 heavy (non-hydrogen) atoms. The fraction of sp³-hybridized carbons (Fsp3) is 0.500. The number of nitrogens with zero attached hydrogens (tertiary/aromatic N) is 1. The molecule has 0 fully saturated rings. The van der Waals surface area contributed by atoms with Crippen molar-refractivity contribution in [3.05, 3.63) is 29.3 Å². The Morgan fingerprint density at radius 3 is 2.47 bits per heavy atom. The Labute approximate surface area is 99.9 Å². The van der Waals surface area contributed by atoms with Gasteiger partial charge >= 0.3 is 0 Å². The molecule has 0 aliphatic carbocycles. The van der Waals surface area contributed by atoms with E-state index in [1.807, 2.05) is 11.9 Å². The lowest BCUT2D eigenvalue weighted by Gasteiger charge is -2.15. The van der Waals surface area contributed by atoms with E-state index >= 15 is 0 Å². The molecule has 0 N–H and O–H groups in total. The van der Waals surface area contributed by atoms with E-state index < -0.39 is 11.6 Å². The number of hydrogen-bond acceptors (Lipinski definition) is 3. The second-order valence-electron chi connectivity index (χ2n) is 3.83. The summed E-state index contributed by atoms with van der Waals surface area (Å²) in [5, 5.41) is 0. The van der Waals surface area contributed by atoms with E-state index in [1.54, 1.807) is 7.11 Å². The fourth-order valence-electron chi connectivity index (χ4n) is 1.51. The first-order chi connectivity index (χ1) is 8.08. The molecule has 0 heterocycles. The van der Waals surface area contributed by atoms with Crippen LogP contribution in [0.5, 0.6) is 5.75 Å². The van der Waals surface area contributed by atoms with Crippen molar-refractivity contribution in [2.45, 2.75) is 6.42 Å². The molecule has 1 aromatic carbocycles. The van der Waals surface area contributed by atoms with Gasteiger partial charge in [-0.3, -0.25) is 4.90 Å². The Morgan fingerprint density at radius 1 is 1.18 bits per heavy atom. The van der Waals surface area contributed by atoms with Crippen molar-refractivity contribution in [3.63, 3.8) is 0 Å². The van der Waals surface area contributed by atoms with Crippen LogP contribution in [0, 0.1) is 11.6 Å². The topological polar surface area (TPSA) is 21.7 Å². The van der Waals surface area contributed by atoms with E-state index in [0.717, 1.165) is 6.07 Å². The van der Waals surface area contributed by atoms with E-state index in [1.165, 1.54) is 13.2 Å². The predicted octanol–water partition coefficient (Wildman–Crippen LogP) is 2.05. The lowest BCUT2D eigenvalue weighted by atomic mass is 10.1. The van der Waals surface area contributed by atoms with Gasteiger partial charge in [0.15, 0.2) is 11.6 Å². The molecule has 0 spiro atoms. The molecule has 0 aliphatic heterocycles. The molecule has 5 heteroatoms. The van der Waals surface area contributed by atoms with Crippen LogP contribution in [-0.4, -0.2) is 39.4 Å². The number of likely N-dealkylation sites (N-methyl/N-ethyl adjacent to an activating group) is 1. The van der Waals surface area contributed by atoms with Crippen LogP contribution in [0.15, 0.2) is 12.1 Å². The van der Waals surface area contributed by atoms with Crippen LogP contribution >= 0.6 is 0 Å². The molecule has 0 aromatic heterocycles. The Kier molecular flexibility index (Phi) is 5.31. The molecule has 0 amide bonds. The van der Waals surface area contributed by atoms with Crippen molar-refractivity contribution in [1.82, 2.24) is 4.90 Å². The van der Waals surface area contributed by atoms with Gasteiger partial charge in [-0.15, -0.1) is 0 Å². The molecule has 0 saturated carbocycles. The normalized spacial score (nSPS) is 10.9. The number of rotatable bonds is 6. The molecule has 0 radical (unpaired) electrons. The first kappa shape index (κ1) is 13.9. The first-order valence-corrected chi connectivity index (χ1v) is 5.28. The van der Waals surface area contributed by atoms with Gasteiger partial charge in [-0.25, -0.2) is 8.78 Å². The highest BCUT2D eigenvalue weighted by molar-refractivity contribution is 5.31. The van der Waals surface area contributed by atoms with Crippen LogP contribution in [0.2, 0.25) is 0 Å². The SMILES string of the molecule is COCN(C)CCc1cc(F)c(OC)cc1F. The van der Waals surface area contributed by atoms with E-state index in [0.29, 0.717) is 25.3 Å². The molecule has 1 rings (SSSR count). The zero-order chi connectivity index (χ0) is 12.8. The minimum Gasteiger partial charge on any atom is -0.494 e. The van der Waals surface area contributed by atoms with Gasteiger partial charge in [-0.1, -0.05) is 0 Å². The lowest BCUT2D eigenvalue weighted by Crippen LogP contribution is -2.23. The Hall–Kier alpha value is -1.20. The monoisotopic (exact) mass is 245 g/mol. The smallest absolute Gasteiger partial charge is 0.165 e. The first-order valence-electron chi connectivity index (χ1n) is 5.28. The Bertz CT molecular complexity index is 372. The Morgan fingerprint density at radius 2 is 1.88 bits per heavy atom. The summed E-state index contributed by atoms with van der Waals surface area (Å²) in [4.78, 5) is 1.88. The van der Waals surface area contributed by atoms with Gasteiger partial charge in [0.1, 0.15) is 5.82 Å². The zero-order valence-electron chi connectivity index (χ0n) is 10.3. The quantitative estimate of drug-likeness (QED) is 0.716. The van der Waals surface area contributed by atoms with Crippen molar-refractivity contribution in [2.24, 2.45) is 0 Å². The number of hydrogen-bond donors (Lipinski definition) is 0. The van der Waals surface area contributed by atoms with Crippen molar-refractivity contribution >= 4 is 0 Å². The van der Waals surface area contributed by atoms with Gasteiger partial charge < -0.3 is 9.47 Å². The third-order valence-electron chi connectivity index (χ3n) is 2.43. The van der Waals surface area contributed by atoms with Gasteiger partial charge in [0.25, 0.3) is 0 Å². The van der Waals surface area contributed by atoms with E-state index in [9.17, 15) is 8.78 Å². The standard InChI is InChI=1S/C12H17F2NO2/c1-15(8-16-2)5-4-9-6-11(14)12(17-3)7-10(9)13/h6-7H,4-5,8H2,1-3H3. The number of halogens is 2. The van der Waals surface area contributed by atoms with Gasteiger partial charge in [0.2, 0.25) is 0 Å². The predicted molar refractivity (Wildman–Crippen MR) is 61.1 cm³/mol. The highest BCUT2D eigenvalue weighted by atomic mass is 19.1. The second-order valence-corrected chi connectivity index (χ2v) is 3.83. The van der Waals surface area contributed by atoms with Crippen molar-refractivity contribution in [1.29, 1.82) is 0 Å². The van der Waals surface area contributed by atoms with Gasteiger partial charge in [0.05, 0.1) is 13.8 Å². The maximum Gasteiger partial charge on any atom is 0.165 e. The third-order valence-corrected chi connectivity index (χ3v) is 2.43. The summed E-state index contributed by atoms with van der Waals surface area (Å²) >= 11 is 0. The summed E-state index contributed by atoms with van der Waals surface area (Å²) in [6.45, 7) is 1.05. The summed E-state index contributed by atoms with van der Waals surface area (Å²) in [6.07, 6.45) is 0.423. The minimum absolute atomic E-state index is 0.0727. The van der Waals surface area contributed by atoms with Crippen LogP contribution < -0.4 is 4.74 Å². The molecule has 0 bridgehead atoms. The van der Waals surface area contributed by atoms with Crippen LogP contribution in [0.25, 0.3) is 0 Å². The molecular formula is C12H17F2NO2. The highest BCUT2D eigenvalue weighted by Crippen LogP contribution is 2.21. The van der Waals surface area contributed by atoms with Crippen LogP contribution in [0.3, 0.4) is 0 Å². The maximum absolute atomic E-state index is 13.6. The van der Waals surface area contributed by atoms with Gasteiger partial charge in [-0.05, 0) is 25.1 Å². The van der Waals surface area contributed by atoms with Crippen LogP contribution in [-0.2, 0) is 11.2 Å².